The molecule has 1 rings (SSSR count). The van der Waals surface area contributed by atoms with E-state index in [-0.39, 0.29) is 11.9 Å². The van der Waals surface area contributed by atoms with Crippen LogP contribution >= 0.6 is 11.8 Å². The number of hydrogen-bond donors (Lipinski definition) is 1. The summed E-state index contributed by atoms with van der Waals surface area (Å²) in [6.07, 6.45) is 2.10. The normalized spacial score (nSPS) is 14.3. The molecule has 0 bridgehead atoms. The van der Waals surface area contributed by atoms with E-state index in [1.807, 2.05) is 31.8 Å². The number of nitrogens with one attached hydrogen (secondary N) is 1. The molecule has 0 aliphatic rings. The lowest BCUT2D eigenvalue weighted by atomic mass is 10.0. The van der Waals surface area contributed by atoms with Gasteiger partial charge in [0.1, 0.15) is 5.82 Å². The standard InChI is InChI=1S/C14H23FN2S/c1-10(9-18-5)17(4)14-7-6-12(15)8-13(14)11(2)16-3/h6-8,10-11,16H,9H2,1-5H3. The van der Waals surface area contributed by atoms with Crippen LogP contribution in [0.4, 0.5) is 10.1 Å². The number of thioether (sulfide) groups is 1. The fraction of sp³-hybridized carbons (Fsp3) is 0.571. The number of hydrogen-bond acceptors (Lipinski definition) is 3. The first-order chi connectivity index (χ1) is 8.51. The Morgan fingerprint density at radius 3 is 2.61 bits per heavy atom. The van der Waals surface area contributed by atoms with Crippen molar-refractivity contribution in [1.82, 2.24) is 5.32 Å². The monoisotopic (exact) mass is 270 g/mol. The predicted octanol–water partition coefficient (Wildman–Crippen LogP) is 3.29. The van der Waals surface area contributed by atoms with E-state index in [0.717, 1.165) is 17.0 Å². The largest absolute Gasteiger partial charge is 0.371 e. The summed E-state index contributed by atoms with van der Waals surface area (Å²) in [4.78, 5) is 2.22. The van der Waals surface area contributed by atoms with Crippen molar-refractivity contribution >= 4 is 17.4 Å². The minimum absolute atomic E-state index is 0.139. The summed E-state index contributed by atoms with van der Waals surface area (Å²) in [6, 6.07) is 5.59. The molecule has 2 unspecified atom stereocenters. The summed E-state index contributed by atoms with van der Waals surface area (Å²) >= 11 is 1.82. The lowest BCUT2D eigenvalue weighted by Gasteiger charge is -2.30. The molecule has 0 amide bonds. The Labute approximate surface area is 114 Å². The van der Waals surface area contributed by atoms with E-state index in [1.54, 1.807) is 6.07 Å². The van der Waals surface area contributed by atoms with Gasteiger partial charge in [0, 0.05) is 30.6 Å². The molecule has 0 aromatic heterocycles. The van der Waals surface area contributed by atoms with Crippen molar-refractivity contribution in [3.05, 3.63) is 29.6 Å². The third-order valence-corrected chi connectivity index (χ3v) is 4.15. The quantitative estimate of drug-likeness (QED) is 0.854. The highest BCUT2D eigenvalue weighted by Crippen LogP contribution is 2.28. The smallest absolute Gasteiger partial charge is 0.123 e. The van der Waals surface area contributed by atoms with Gasteiger partial charge >= 0.3 is 0 Å². The fourth-order valence-electron chi connectivity index (χ4n) is 1.94. The SMILES string of the molecule is CNC(C)c1cc(F)ccc1N(C)C(C)CSC. The molecule has 0 saturated carbocycles. The Kier molecular flexibility index (Phi) is 5.96. The van der Waals surface area contributed by atoms with Gasteiger partial charge in [-0.3, -0.25) is 0 Å². The maximum atomic E-state index is 13.4. The van der Waals surface area contributed by atoms with Gasteiger partial charge in [0.05, 0.1) is 0 Å². The van der Waals surface area contributed by atoms with Gasteiger partial charge in [-0.1, -0.05) is 0 Å². The van der Waals surface area contributed by atoms with Gasteiger partial charge < -0.3 is 10.2 Å². The van der Waals surface area contributed by atoms with E-state index in [2.05, 4.69) is 30.4 Å². The Morgan fingerprint density at radius 2 is 2.06 bits per heavy atom. The summed E-state index contributed by atoms with van der Waals surface area (Å²) in [7, 11) is 3.96. The van der Waals surface area contributed by atoms with E-state index in [0.29, 0.717) is 6.04 Å². The maximum absolute atomic E-state index is 13.4. The third-order valence-electron chi connectivity index (χ3n) is 3.34. The van der Waals surface area contributed by atoms with E-state index < -0.39 is 0 Å². The molecule has 102 valence electrons. The second-order valence-corrected chi connectivity index (χ2v) is 5.54. The number of benzene rings is 1. The van der Waals surface area contributed by atoms with Gasteiger partial charge in [0.2, 0.25) is 0 Å². The van der Waals surface area contributed by atoms with Crippen LogP contribution in [-0.4, -0.2) is 32.1 Å². The molecule has 0 saturated heterocycles. The van der Waals surface area contributed by atoms with E-state index >= 15 is 0 Å². The summed E-state index contributed by atoms with van der Waals surface area (Å²) in [5, 5.41) is 3.18. The van der Waals surface area contributed by atoms with Crippen LogP contribution in [0, 0.1) is 5.82 Å². The molecule has 0 radical (unpaired) electrons. The molecule has 0 aliphatic carbocycles. The third kappa shape index (κ3) is 3.62. The van der Waals surface area contributed by atoms with Crippen LogP contribution in [0.15, 0.2) is 18.2 Å². The van der Waals surface area contributed by atoms with E-state index in [4.69, 9.17) is 0 Å². The van der Waals surface area contributed by atoms with Crippen LogP contribution in [0.25, 0.3) is 0 Å². The fourth-order valence-corrected chi connectivity index (χ4v) is 2.65. The van der Waals surface area contributed by atoms with Crippen molar-refractivity contribution in [1.29, 1.82) is 0 Å². The van der Waals surface area contributed by atoms with Gasteiger partial charge in [0.25, 0.3) is 0 Å². The molecule has 1 aromatic carbocycles. The highest BCUT2D eigenvalue weighted by atomic mass is 32.2. The number of nitrogens with zero attached hydrogens (tertiary/aromatic N) is 1. The zero-order valence-electron chi connectivity index (χ0n) is 11.8. The second-order valence-electron chi connectivity index (χ2n) is 4.63. The second kappa shape index (κ2) is 7.00. The number of anilines is 1. The summed E-state index contributed by atoms with van der Waals surface area (Å²) < 4.78 is 13.4. The van der Waals surface area contributed by atoms with Crippen molar-refractivity contribution in [3.8, 4) is 0 Å². The molecule has 2 atom stereocenters. The molecule has 1 N–H and O–H groups in total. The molecule has 0 spiro atoms. The first kappa shape index (κ1) is 15.3. The van der Waals surface area contributed by atoms with Gasteiger partial charge in [-0.05, 0) is 50.9 Å². The molecular formula is C14H23FN2S. The summed E-state index contributed by atoms with van der Waals surface area (Å²) in [5.41, 5.74) is 2.10. The van der Waals surface area contributed by atoms with Gasteiger partial charge in [-0.2, -0.15) is 11.8 Å². The lowest BCUT2D eigenvalue weighted by Crippen LogP contribution is -2.32. The van der Waals surface area contributed by atoms with Crippen LogP contribution in [0.5, 0.6) is 0 Å². The molecule has 2 nitrogen and oxygen atoms in total. The van der Waals surface area contributed by atoms with Crippen LogP contribution in [-0.2, 0) is 0 Å². The van der Waals surface area contributed by atoms with Gasteiger partial charge in [-0.25, -0.2) is 4.39 Å². The van der Waals surface area contributed by atoms with Crippen molar-refractivity contribution in [3.63, 3.8) is 0 Å². The molecule has 0 fully saturated rings. The Hall–Kier alpha value is -0.740. The van der Waals surface area contributed by atoms with Crippen LogP contribution < -0.4 is 10.2 Å². The van der Waals surface area contributed by atoms with E-state index in [1.165, 1.54) is 6.07 Å². The predicted molar refractivity (Wildman–Crippen MR) is 80.1 cm³/mol. The van der Waals surface area contributed by atoms with Crippen molar-refractivity contribution in [2.24, 2.45) is 0 Å². The van der Waals surface area contributed by atoms with Crippen LogP contribution in [0.3, 0.4) is 0 Å². The minimum atomic E-state index is -0.179. The number of rotatable bonds is 6. The van der Waals surface area contributed by atoms with Gasteiger partial charge in [-0.15, -0.1) is 0 Å². The topological polar surface area (TPSA) is 15.3 Å². The first-order valence-corrected chi connectivity index (χ1v) is 7.59. The molecule has 4 heteroatoms. The van der Waals surface area contributed by atoms with Crippen molar-refractivity contribution in [2.75, 3.05) is 31.0 Å². The zero-order valence-corrected chi connectivity index (χ0v) is 12.6. The lowest BCUT2D eigenvalue weighted by molar-refractivity contribution is 0.605. The highest BCUT2D eigenvalue weighted by molar-refractivity contribution is 7.98. The molecule has 1 aromatic rings. The Bertz CT molecular complexity index is 384. The molecule has 18 heavy (non-hydrogen) atoms. The molecule has 0 heterocycles. The van der Waals surface area contributed by atoms with Crippen molar-refractivity contribution in [2.45, 2.75) is 25.9 Å². The average molecular weight is 270 g/mol. The molecule has 0 aliphatic heterocycles. The number of halogens is 1. The summed E-state index contributed by atoms with van der Waals surface area (Å²) in [6.45, 7) is 4.24. The summed E-state index contributed by atoms with van der Waals surface area (Å²) in [5.74, 6) is 0.878. The Morgan fingerprint density at radius 1 is 1.39 bits per heavy atom. The Balaban J connectivity index is 3.06. The first-order valence-electron chi connectivity index (χ1n) is 6.19. The zero-order chi connectivity index (χ0) is 13.7. The van der Waals surface area contributed by atoms with Crippen LogP contribution in [0.2, 0.25) is 0 Å². The van der Waals surface area contributed by atoms with Crippen LogP contribution in [0.1, 0.15) is 25.5 Å². The minimum Gasteiger partial charge on any atom is -0.371 e. The van der Waals surface area contributed by atoms with E-state index in [9.17, 15) is 4.39 Å². The highest BCUT2D eigenvalue weighted by Gasteiger charge is 2.16. The van der Waals surface area contributed by atoms with Gasteiger partial charge in [0.15, 0.2) is 0 Å². The van der Waals surface area contributed by atoms with Crippen molar-refractivity contribution < 1.29 is 4.39 Å². The average Bonchev–Trinajstić information content (AvgIpc) is 2.37. The molecular weight excluding hydrogens is 247 g/mol. The maximum Gasteiger partial charge on any atom is 0.123 e.